The molecule has 20 heavy (non-hydrogen) atoms. The van der Waals surface area contributed by atoms with E-state index in [1.54, 1.807) is 31.2 Å². The van der Waals surface area contributed by atoms with Crippen LogP contribution in [0.2, 0.25) is 5.02 Å². The molecule has 4 nitrogen and oxygen atoms in total. The molecule has 0 aliphatic rings. The Labute approximate surface area is 123 Å². The lowest BCUT2D eigenvalue weighted by Gasteiger charge is -2.15. The van der Waals surface area contributed by atoms with Crippen LogP contribution in [0.5, 0.6) is 5.75 Å². The molecule has 0 aromatic heterocycles. The van der Waals surface area contributed by atoms with Gasteiger partial charge in [-0.05, 0) is 48.9 Å². The molecule has 2 aromatic rings. The lowest BCUT2D eigenvalue weighted by Crippen LogP contribution is -2.26. The van der Waals surface area contributed by atoms with E-state index >= 15 is 0 Å². The summed E-state index contributed by atoms with van der Waals surface area (Å²) in [5.41, 5.74) is 0.778. The highest BCUT2D eigenvalue weighted by Gasteiger charge is 2.18. The molecule has 0 amide bonds. The van der Waals surface area contributed by atoms with Crippen molar-refractivity contribution in [3.8, 4) is 5.75 Å². The van der Waals surface area contributed by atoms with E-state index in [0.717, 1.165) is 5.56 Å². The van der Waals surface area contributed by atoms with Crippen molar-refractivity contribution in [2.75, 3.05) is 0 Å². The first-order chi connectivity index (χ1) is 9.38. The smallest absolute Gasteiger partial charge is 0.241 e. The highest BCUT2D eigenvalue weighted by molar-refractivity contribution is 7.89. The molecular weight excluding hydrogens is 298 g/mol. The van der Waals surface area contributed by atoms with E-state index in [2.05, 4.69) is 4.72 Å². The standard InChI is InChI=1S/C14H14ClNO3S/c1-10(11-3-2-4-12(15)9-11)16-20(18,19)14-7-5-13(17)6-8-14/h2-10,16-17H,1H3. The Bertz CT molecular complexity index is 699. The van der Waals surface area contributed by atoms with Gasteiger partial charge < -0.3 is 5.11 Å². The fourth-order valence-corrected chi connectivity index (χ4v) is 3.20. The average molecular weight is 312 g/mol. The molecule has 2 N–H and O–H groups in total. The quantitative estimate of drug-likeness (QED) is 0.912. The summed E-state index contributed by atoms with van der Waals surface area (Å²) >= 11 is 5.89. The maximum absolute atomic E-state index is 12.2. The number of benzene rings is 2. The van der Waals surface area contributed by atoms with Crippen molar-refractivity contribution in [1.29, 1.82) is 0 Å². The number of sulfonamides is 1. The molecule has 1 atom stereocenters. The number of phenols is 1. The van der Waals surface area contributed by atoms with E-state index in [9.17, 15) is 13.5 Å². The SMILES string of the molecule is CC(NS(=O)(=O)c1ccc(O)cc1)c1cccc(Cl)c1. The Morgan fingerprint density at radius 2 is 1.80 bits per heavy atom. The van der Waals surface area contributed by atoms with Crippen molar-refractivity contribution >= 4 is 21.6 Å². The number of hydrogen-bond acceptors (Lipinski definition) is 3. The highest BCUT2D eigenvalue weighted by atomic mass is 35.5. The minimum atomic E-state index is -3.64. The maximum atomic E-state index is 12.2. The summed E-state index contributed by atoms with van der Waals surface area (Å²) < 4.78 is 26.9. The van der Waals surface area contributed by atoms with Crippen molar-refractivity contribution in [3.63, 3.8) is 0 Å². The van der Waals surface area contributed by atoms with Crippen LogP contribution < -0.4 is 4.72 Å². The number of aromatic hydroxyl groups is 1. The zero-order chi connectivity index (χ0) is 14.8. The van der Waals surface area contributed by atoms with Crippen LogP contribution in [0.25, 0.3) is 0 Å². The second kappa shape index (κ2) is 5.83. The van der Waals surface area contributed by atoms with Crippen LogP contribution in [0.15, 0.2) is 53.4 Å². The molecule has 0 bridgehead atoms. The van der Waals surface area contributed by atoms with Gasteiger partial charge in [-0.25, -0.2) is 13.1 Å². The number of phenolic OH excluding ortho intramolecular Hbond substituents is 1. The summed E-state index contributed by atoms with van der Waals surface area (Å²) in [5.74, 6) is 0.0202. The molecule has 0 saturated heterocycles. The van der Waals surface area contributed by atoms with Gasteiger partial charge in [0, 0.05) is 11.1 Å². The van der Waals surface area contributed by atoms with Crippen LogP contribution in [-0.4, -0.2) is 13.5 Å². The van der Waals surface area contributed by atoms with E-state index in [1.807, 2.05) is 0 Å². The summed E-state index contributed by atoms with van der Waals surface area (Å²) in [4.78, 5) is 0.101. The van der Waals surface area contributed by atoms with Gasteiger partial charge in [-0.15, -0.1) is 0 Å². The predicted octanol–water partition coefficient (Wildman–Crippen LogP) is 3.09. The van der Waals surface area contributed by atoms with E-state index in [-0.39, 0.29) is 10.6 Å². The van der Waals surface area contributed by atoms with Crippen molar-refractivity contribution in [3.05, 3.63) is 59.1 Å². The minimum absolute atomic E-state index is 0.0202. The summed E-state index contributed by atoms with van der Waals surface area (Å²) in [6, 6.07) is 12.0. The van der Waals surface area contributed by atoms with Gasteiger partial charge in [-0.1, -0.05) is 23.7 Å². The summed E-state index contributed by atoms with van der Waals surface area (Å²) in [7, 11) is -3.64. The normalized spacial score (nSPS) is 13.1. The molecule has 2 aromatic carbocycles. The second-order valence-electron chi connectivity index (χ2n) is 4.39. The maximum Gasteiger partial charge on any atom is 0.241 e. The first-order valence-electron chi connectivity index (χ1n) is 5.95. The number of hydrogen-bond donors (Lipinski definition) is 2. The van der Waals surface area contributed by atoms with Crippen molar-refractivity contribution in [2.24, 2.45) is 0 Å². The third-order valence-corrected chi connectivity index (χ3v) is 4.62. The van der Waals surface area contributed by atoms with Gasteiger partial charge in [0.1, 0.15) is 5.75 Å². The van der Waals surface area contributed by atoms with Crippen LogP contribution in [0.1, 0.15) is 18.5 Å². The van der Waals surface area contributed by atoms with Crippen molar-refractivity contribution in [2.45, 2.75) is 17.9 Å². The van der Waals surface area contributed by atoms with E-state index < -0.39 is 16.1 Å². The Morgan fingerprint density at radius 1 is 1.15 bits per heavy atom. The van der Waals surface area contributed by atoms with Crippen LogP contribution in [-0.2, 0) is 10.0 Å². The zero-order valence-corrected chi connectivity index (χ0v) is 12.3. The molecule has 0 heterocycles. The molecule has 1 unspecified atom stereocenters. The Hall–Kier alpha value is -1.56. The molecule has 0 aliphatic carbocycles. The fraction of sp³-hybridized carbons (Fsp3) is 0.143. The first-order valence-corrected chi connectivity index (χ1v) is 7.81. The minimum Gasteiger partial charge on any atom is -0.508 e. The largest absolute Gasteiger partial charge is 0.508 e. The molecule has 0 saturated carbocycles. The Morgan fingerprint density at radius 3 is 2.40 bits per heavy atom. The number of nitrogens with one attached hydrogen (secondary N) is 1. The van der Waals surface area contributed by atoms with E-state index in [4.69, 9.17) is 11.6 Å². The van der Waals surface area contributed by atoms with Crippen LogP contribution in [0.4, 0.5) is 0 Å². The average Bonchev–Trinajstić information content (AvgIpc) is 2.38. The summed E-state index contributed by atoms with van der Waals surface area (Å²) in [6.07, 6.45) is 0. The van der Waals surface area contributed by atoms with Gasteiger partial charge in [-0.3, -0.25) is 0 Å². The van der Waals surface area contributed by atoms with Crippen LogP contribution >= 0.6 is 11.6 Å². The summed E-state index contributed by atoms with van der Waals surface area (Å²) in [6.45, 7) is 1.74. The van der Waals surface area contributed by atoms with E-state index in [0.29, 0.717) is 5.02 Å². The molecule has 0 radical (unpaired) electrons. The molecule has 0 fully saturated rings. The number of halogens is 1. The van der Waals surface area contributed by atoms with Gasteiger partial charge in [-0.2, -0.15) is 0 Å². The molecule has 0 aliphatic heterocycles. The van der Waals surface area contributed by atoms with Gasteiger partial charge >= 0.3 is 0 Å². The first kappa shape index (κ1) is 14.8. The van der Waals surface area contributed by atoms with Gasteiger partial charge in [0.15, 0.2) is 0 Å². The third-order valence-electron chi connectivity index (χ3n) is 2.83. The van der Waals surface area contributed by atoms with Crippen LogP contribution in [0.3, 0.4) is 0 Å². The topological polar surface area (TPSA) is 66.4 Å². The second-order valence-corrected chi connectivity index (χ2v) is 6.54. The van der Waals surface area contributed by atoms with Gasteiger partial charge in [0.2, 0.25) is 10.0 Å². The van der Waals surface area contributed by atoms with E-state index in [1.165, 1.54) is 24.3 Å². The lowest BCUT2D eigenvalue weighted by molar-refractivity contribution is 0.474. The monoisotopic (exact) mass is 311 g/mol. The third kappa shape index (κ3) is 3.50. The van der Waals surface area contributed by atoms with Crippen LogP contribution in [0, 0.1) is 0 Å². The van der Waals surface area contributed by atoms with Gasteiger partial charge in [0.25, 0.3) is 0 Å². The molecule has 6 heteroatoms. The highest BCUT2D eigenvalue weighted by Crippen LogP contribution is 2.21. The molecular formula is C14H14ClNO3S. The zero-order valence-electron chi connectivity index (χ0n) is 10.7. The summed E-state index contributed by atoms with van der Waals surface area (Å²) in [5, 5.41) is 9.74. The molecule has 106 valence electrons. The van der Waals surface area contributed by atoms with Crippen molar-refractivity contribution < 1.29 is 13.5 Å². The fourth-order valence-electron chi connectivity index (χ4n) is 1.77. The Kier molecular flexibility index (Phi) is 4.32. The van der Waals surface area contributed by atoms with Crippen molar-refractivity contribution in [1.82, 2.24) is 4.72 Å². The molecule has 2 rings (SSSR count). The molecule has 0 spiro atoms. The predicted molar refractivity (Wildman–Crippen MR) is 78.3 cm³/mol. The van der Waals surface area contributed by atoms with Gasteiger partial charge in [0.05, 0.1) is 4.90 Å². The number of rotatable bonds is 4. The Balaban J connectivity index is 2.22. The lowest BCUT2D eigenvalue weighted by atomic mass is 10.1.